The minimum Gasteiger partial charge on any atom is -0.317 e. The SMILES string of the molecule is CCCN1CCC(CNC2CCC3(CCNCC3)CC2)C1. The van der Waals surface area contributed by atoms with E-state index in [4.69, 9.17) is 0 Å². The zero-order chi connectivity index (χ0) is 14.5. The van der Waals surface area contributed by atoms with Crippen LogP contribution in [0.15, 0.2) is 0 Å². The highest BCUT2D eigenvalue weighted by Crippen LogP contribution is 2.43. The highest BCUT2D eigenvalue weighted by molar-refractivity contribution is 4.91. The molecule has 3 rings (SSSR count). The molecular weight excluding hydrogens is 258 g/mol. The molecule has 0 aromatic rings. The molecular formula is C18H35N3. The molecule has 1 saturated carbocycles. The van der Waals surface area contributed by atoms with E-state index in [0.717, 1.165) is 12.0 Å². The van der Waals surface area contributed by atoms with E-state index in [1.165, 1.54) is 90.6 Å². The molecule has 3 nitrogen and oxygen atoms in total. The molecule has 0 aromatic heterocycles. The van der Waals surface area contributed by atoms with Gasteiger partial charge in [-0.2, -0.15) is 0 Å². The Hall–Kier alpha value is -0.120. The normalized spacial score (nSPS) is 31.0. The second-order valence-electron chi connectivity index (χ2n) is 7.89. The summed E-state index contributed by atoms with van der Waals surface area (Å²) in [6, 6.07) is 0.811. The van der Waals surface area contributed by atoms with Gasteiger partial charge < -0.3 is 15.5 Å². The lowest BCUT2D eigenvalue weighted by atomic mass is 9.67. The average molecular weight is 293 g/mol. The number of piperidine rings is 1. The summed E-state index contributed by atoms with van der Waals surface area (Å²) in [6.07, 6.45) is 11.4. The lowest BCUT2D eigenvalue weighted by Gasteiger charge is -2.43. The summed E-state index contributed by atoms with van der Waals surface area (Å²) >= 11 is 0. The van der Waals surface area contributed by atoms with E-state index in [2.05, 4.69) is 22.5 Å². The topological polar surface area (TPSA) is 27.3 Å². The van der Waals surface area contributed by atoms with Crippen LogP contribution in [0, 0.1) is 11.3 Å². The van der Waals surface area contributed by atoms with Gasteiger partial charge in [0.15, 0.2) is 0 Å². The number of hydrogen-bond donors (Lipinski definition) is 2. The van der Waals surface area contributed by atoms with Gasteiger partial charge in [0.2, 0.25) is 0 Å². The van der Waals surface area contributed by atoms with Crippen molar-refractivity contribution in [1.29, 1.82) is 0 Å². The zero-order valence-electron chi connectivity index (χ0n) is 14.0. The van der Waals surface area contributed by atoms with E-state index < -0.39 is 0 Å². The fourth-order valence-corrected chi connectivity index (χ4v) is 4.82. The molecule has 1 atom stereocenters. The lowest BCUT2D eigenvalue weighted by Crippen LogP contribution is -2.44. The summed E-state index contributed by atoms with van der Waals surface area (Å²) in [7, 11) is 0. The molecule has 2 heterocycles. The molecule has 1 unspecified atom stereocenters. The van der Waals surface area contributed by atoms with Gasteiger partial charge in [0.05, 0.1) is 0 Å². The van der Waals surface area contributed by atoms with Crippen molar-refractivity contribution in [2.24, 2.45) is 11.3 Å². The van der Waals surface area contributed by atoms with Crippen molar-refractivity contribution in [2.45, 2.75) is 64.3 Å². The van der Waals surface area contributed by atoms with Crippen LogP contribution < -0.4 is 10.6 Å². The number of nitrogens with zero attached hydrogens (tertiary/aromatic N) is 1. The van der Waals surface area contributed by atoms with Crippen LogP contribution in [0.5, 0.6) is 0 Å². The first-order valence-corrected chi connectivity index (χ1v) is 9.46. The van der Waals surface area contributed by atoms with Crippen LogP contribution in [0.25, 0.3) is 0 Å². The minimum atomic E-state index is 0.717. The van der Waals surface area contributed by atoms with Gasteiger partial charge in [-0.1, -0.05) is 6.92 Å². The van der Waals surface area contributed by atoms with Gasteiger partial charge in [0.25, 0.3) is 0 Å². The molecule has 21 heavy (non-hydrogen) atoms. The Morgan fingerprint density at radius 3 is 2.57 bits per heavy atom. The van der Waals surface area contributed by atoms with E-state index in [-0.39, 0.29) is 0 Å². The highest BCUT2D eigenvalue weighted by atomic mass is 15.1. The monoisotopic (exact) mass is 293 g/mol. The quantitative estimate of drug-likeness (QED) is 0.816. The zero-order valence-corrected chi connectivity index (χ0v) is 14.0. The summed E-state index contributed by atoms with van der Waals surface area (Å²) < 4.78 is 0. The molecule has 122 valence electrons. The van der Waals surface area contributed by atoms with Crippen LogP contribution in [-0.4, -0.2) is 50.2 Å². The molecule has 1 spiro atoms. The first-order chi connectivity index (χ1) is 10.3. The van der Waals surface area contributed by atoms with Crippen LogP contribution >= 0.6 is 0 Å². The smallest absolute Gasteiger partial charge is 0.00675 e. The largest absolute Gasteiger partial charge is 0.317 e. The minimum absolute atomic E-state index is 0.717. The third kappa shape index (κ3) is 4.20. The maximum Gasteiger partial charge on any atom is 0.00675 e. The Labute approximate surface area is 131 Å². The van der Waals surface area contributed by atoms with E-state index in [1.54, 1.807) is 0 Å². The Kier molecular flexibility index (Phi) is 5.58. The van der Waals surface area contributed by atoms with Gasteiger partial charge in [-0.3, -0.25) is 0 Å². The first kappa shape index (κ1) is 15.8. The van der Waals surface area contributed by atoms with Gasteiger partial charge in [-0.25, -0.2) is 0 Å². The third-order valence-electron chi connectivity index (χ3n) is 6.32. The van der Waals surface area contributed by atoms with Crippen molar-refractivity contribution in [2.75, 3.05) is 39.3 Å². The van der Waals surface area contributed by atoms with Gasteiger partial charge >= 0.3 is 0 Å². The maximum atomic E-state index is 3.91. The molecule has 3 aliphatic rings. The number of nitrogens with one attached hydrogen (secondary N) is 2. The maximum absolute atomic E-state index is 3.91. The lowest BCUT2D eigenvalue weighted by molar-refractivity contribution is 0.114. The Morgan fingerprint density at radius 1 is 1.10 bits per heavy atom. The van der Waals surface area contributed by atoms with Crippen LogP contribution in [0.4, 0.5) is 0 Å². The molecule has 0 amide bonds. The fourth-order valence-electron chi connectivity index (χ4n) is 4.82. The van der Waals surface area contributed by atoms with E-state index in [0.29, 0.717) is 5.41 Å². The Bertz CT molecular complexity index is 302. The van der Waals surface area contributed by atoms with Gasteiger partial charge in [0, 0.05) is 12.6 Å². The molecule has 0 bridgehead atoms. The van der Waals surface area contributed by atoms with Crippen LogP contribution in [0.3, 0.4) is 0 Å². The predicted molar refractivity (Wildman–Crippen MR) is 89.6 cm³/mol. The van der Waals surface area contributed by atoms with Crippen molar-refractivity contribution in [3.8, 4) is 0 Å². The molecule has 2 saturated heterocycles. The van der Waals surface area contributed by atoms with E-state index in [1.807, 2.05) is 0 Å². The molecule has 1 aliphatic carbocycles. The summed E-state index contributed by atoms with van der Waals surface area (Å²) in [5.41, 5.74) is 0.717. The summed E-state index contributed by atoms with van der Waals surface area (Å²) in [5.74, 6) is 0.909. The van der Waals surface area contributed by atoms with Crippen LogP contribution in [0.2, 0.25) is 0 Å². The van der Waals surface area contributed by atoms with Crippen LogP contribution in [0.1, 0.15) is 58.3 Å². The molecule has 2 aliphatic heterocycles. The molecule has 3 heteroatoms. The van der Waals surface area contributed by atoms with Crippen molar-refractivity contribution in [3.63, 3.8) is 0 Å². The predicted octanol–water partition coefficient (Wildman–Crippen LogP) is 2.62. The fraction of sp³-hybridized carbons (Fsp3) is 1.00. The second-order valence-corrected chi connectivity index (χ2v) is 7.89. The Morgan fingerprint density at radius 2 is 1.86 bits per heavy atom. The number of likely N-dealkylation sites (tertiary alicyclic amines) is 1. The van der Waals surface area contributed by atoms with Gasteiger partial charge in [0.1, 0.15) is 0 Å². The van der Waals surface area contributed by atoms with Crippen molar-refractivity contribution >= 4 is 0 Å². The Balaban J connectivity index is 1.34. The van der Waals surface area contributed by atoms with E-state index >= 15 is 0 Å². The van der Waals surface area contributed by atoms with Crippen molar-refractivity contribution in [1.82, 2.24) is 15.5 Å². The van der Waals surface area contributed by atoms with Crippen LogP contribution in [-0.2, 0) is 0 Å². The summed E-state index contributed by atoms with van der Waals surface area (Å²) in [5, 5.41) is 7.43. The molecule has 0 aromatic carbocycles. The standard InChI is InChI=1S/C18H35N3/c1-2-12-21-13-5-16(15-21)14-20-17-3-6-18(7-4-17)8-10-19-11-9-18/h16-17,19-20H,2-15H2,1H3. The average Bonchev–Trinajstić information content (AvgIpc) is 2.96. The van der Waals surface area contributed by atoms with Crippen molar-refractivity contribution in [3.05, 3.63) is 0 Å². The summed E-state index contributed by atoms with van der Waals surface area (Å²) in [4.78, 5) is 2.65. The highest BCUT2D eigenvalue weighted by Gasteiger charge is 2.36. The van der Waals surface area contributed by atoms with Gasteiger partial charge in [-0.15, -0.1) is 0 Å². The molecule has 3 fully saturated rings. The number of hydrogen-bond acceptors (Lipinski definition) is 3. The first-order valence-electron chi connectivity index (χ1n) is 9.46. The van der Waals surface area contributed by atoms with E-state index in [9.17, 15) is 0 Å². The third-order valence-corrected chi connectivity index (χ3v) is 6.32. The second kappa shape index (κ2) is 7.43. The summed E-state index contributed by atoms with van der Waals surface area (Å²) in [6.45, 7) is 10.0. The molecule has 2 N–H and O–H groups in total. The van der Waals surface area contributed by atoms with Gasteiger partial charge in [-0.05, 0) is 95.4 Å². The molecule has 0 radical (unpaired) electrons. The number of rotatable bonds is 5. The van der Waals surface area contributed by atoms with Crippen molar-refractivity contribution < 1.29 is 0 Å².